The van der Waals surface area contributed by atoms with Crippen molar-refractivity contribution < 1.29 is 17.1 Å². The predicted octanol–water partition coefficient (Wildman–Crippen LogP) is 0.922. The summed E-state index contributed by atoms with van der Waals surface area (Å²) in [4.78, 5) is 0. The van der Waals surface area contributed by atoms with Gasteiger partial charge >= 0.3 is 0 Å². The zero-order chi connectivity index (χ0) is 14.5. The van der Waals surface area contributed by atoms with Gasteiger partial charge in [-0.3, -0.25) is 0 Å². The van der Waals surface area contributed by atoms with Crippen LogP contribution in [-0.2, 0) is 0 Å². The minimum atomic E-state index is 0. The second-order valence-corrected chi connectivity index (χ2v) is 6.23. The van der Waals surface area contributed by atoms with E-state index >= 15 is 0 Å². The van der Waals surface area contributed by atoms with Crippen LogP contribution in [0.15, 0.2) is 57.1 Å². The van der Waals surface area contributed by atoms with Crippen LogP contribution in [0.4, 0.5) is 5.69 Å². The van der Waals surface area contributed by atoms with Gasteiger partial charge in [0, 0.05) is 29.1 Å². The molecule has 0 fully saturated rings. The highest BCUT2D eigenvalue weighted by molar-refractivity contribution is 7.99. The van der Waals surface area contributed by atoms with Crippen molar-refractivity contribution >= 4 is 52.3 Å². The average Bonchev–Trinajstić information content (AvgIpc) is 2.45. The highest BCUT2D eigenvalue weighted by Crippen LogP contribution is 2.26. The molecule has 0 bridgehead atoms. The van der Waals surface area contributed by atoms with Crippen LogP contribution in [0.1, 0.15) is 0 Å². The van der Waals surface area contributed by atoms with E-state index in [1.807, 2.05) is 36.4 Å². The third-order valence-corrected chi connectivity index (χ3v) is 4.52. The van der Waals surface area contributed by atoms with Crippen molar-refractivity contribution in [2.45, 2.75) is 5.03 Å². The maximum Gasteiger partial charge on any atom is 0.275 e. The van der Waals surface area contributed by atoms with Gasteiger partial charge in [-0.1, -0.05) is 53.0 Å². The molecule has 1 aromatic heterocycles. The molecule has 0 aliphatic rings. The Morgan fingerprint density at radius 2 is 1.86 bits per heavy atom. The van der Waals surface area contributed by atoms with Crippen LogP contribution in [0.2, 0.25) is 0 Å². The Balaban J connectivity index is 0.00000220. The number of halogens is 4. The van der Waals surface area contributed by atoms with Crippen LogP contribution in [0.3, 0.4) is 0 Å². The Morgan fingerprint density at radius 1 is 1.19 bits per heavy atom. The topological polar surface area (TPSA) is 42.8 Å². The molecular formula is C13H11Cl4N3S. The lowest BCUT2D eigenvalue weighted by molar-refractivity contribution is -0.697. The van der Waals surface area contributed by atoms with Gasteiger partial charge in [-0.25, -0.2) is 0 Å². The smallest absolute Gasteiger partial charge is 0.275 e. The molecule has 1 aromatic carbocycles. The molecule has 0 aliphatic carbocycles. The fourth-order valence-corrected chi connectivity index (χ4v) is 2.85. The Bertz CT molecular complexity index is 631. The Kier molecular flexibility index (Phi) is 7.63. The van der Waals surface area contributed by atoms with Crippen molar-refractivity contribution in [3.63, 3.8) is 0 Å². The number of para-hydroxylation sites is 1. The van der Waals surface area contributed by atoms with Crippen molar-refractivity contribution in [3.05, 3.63) is 52.1 Å². The molecule has 3 nitrogen and oxygen atoms in total. The van der Waals surface area contributed by atoms with Gasteiger partial charge in [-0.05, 0) is 16.4 Å². The highest BCUT2D eigenvalue weighted by Gasteiger charge is 2.17. The minimum Gasteiger partial charge on any atom is -1.00 e. The summed E-state index contributed by atoms with van der Waals surface area (Å²) in [6.07, 6.45) is 1.60. The van der Waals surface area contributed by atoms with E-state index in [-0.39, 0.29) is 16.9 Å². The first-order chi connectivity index (χ1) is 9.58. The third kappa shape index (κ3) is 5.24. The van der Waals surface area contributed by atoms with E-state index in [1.54, 1.807) is 10.9 Å². The summed E-state index contributed by atoms with van der Waals surface area (Å²) >= 11 is 18.7. The molecule has 0 atom stereocenters. The molecule has 21 heavy (non-hydrogen) atoms. The van der Waals surface area contributed by atoms with Gasteiger partial charge in [0.1, 0.15) is 10.7 Å². The highest BCUT2D eigenvalue weighted by atomic mass is 35.5. The second kappa shape index (κ2) is 8.71. The number of nitrogen functional groups attached to an aromatic ring is 1. The Morgan fingerprint density at radius 3 is 2.48 bits per heavy atom. The summed E-state index contributed by atoms with van der Waals surface area (Å²) in [6, 6.07) is 11.6. The summed E-state index contributed by atoms with van der Waals surface area (Å²) in [5.74, 6) is 0.446. The number of aromatic nitrogens is 2. The van der Waals surface area contributed by atoms with Crippen molar-refractivity contribution in [1.82, 2.24) is 5.10 Å². The normalized spacial score (nSPS) is 9.86. The van der Waals surface area contributed by atoms with E-state index in [0.29, 0.717) is 16.5 Å². The number of anilines is 1. The molecule has 2 rings (SSSR count). The van der Waals surface area contributed by atoms with E-state index in [0.717, 1.165) is 10.7 Å². The van der Waals surface area contributed by atoms with Gasteiger partial charge in [-0.15, -0.1) is 0 Å². The fourth-order valence-electron chi connectivity index (χ4n) is 1.48. The number of thioether (sulfide) groups is 1. The standard InChI is InChI=1S/C13H10Cl3N3S.ClH/c14-11(13(15)16)8-20-12-6-9(17)7-18-19(12)10-4-2-1-3-5-10;/h1-7,17H,8H2;1H. The summed E-state index contributed by atoms with van der Waals surface area (Å²) in [5.41, 5.74) is 7.30. The maximum atomic E-state index is 5.94. The summed E-state index contributed by atoms with van der Waals surface area (Å²) in [6.45, 7) is 0. The van der Waals surface area contributed by atoms with E-state index in [9.17, 15) is 0 Å². The van der Waals surface area contributed by atoms with Crippen LogP contribution in [0, 0.1) is 0 Å². The zero-order valence-corrected chi connectivity index (χ0v) is 14.5. The number of nitrogens with two attached hydrogens (primary N) is 1. The van der Waals surface area contributed by atoms with Crippen molar-refractivity contribution in [2.75, 3.05) is 11.5 Å². The van der Waals surface area contributed by atoms with Crippen LogP contribution < -0.4 is 22.8 Å². The number of hydrogen-bond acceptors (Lipinski definition) is 3. The Labute approximate surface area is 148 Å². The lowest BCUT2D eigenvalue weighted by Gasteiger charge is -2.02. The molecule has 0 saturated carbocycles. The van der Waals surface area contributed by atoms with Crippen LogP contribution in [0.25, 0.3) is 5.69 Å². The molecule has 1 heterocycles. The molecule has 112 valence electrons. The molecule has 0 radical (unpaired) electrons. The first-order valence-electron chi connectivity index (χ1n) is 5.63. The molecule has 0 saturated heterocycles. The van der Waals surface area contributed by atoms with E-state index in [1.165, 1.54) is 11.8 Å². The van der Waals surface area contributed by atoms with Crippen LogP contribution in [-0.4, -0.2) is 10.9 Å². The van der Waals surface area contributed by atoms with E-state index in [4.69, 9.17) is 40.5 Å². The zero-order valence-electron chi connectivity index (χ0n) is 10.6. The van der Waals surface area contributed by atoms with Crippen LogP contribution in [0.5, 0.6) is 0 Å². The van der Waals surface area contributed by atoms with E-state index < -0.39 is 0 Å². The predicted molar refractivity (Wildman–Crippen MR) is 85.5 cm³/mol. The maximum absolute atomic E-state index is 5.94. The monoisotopic (exact) mass is 381 g/mol. The summed E-state index contributed by atoms with van der Waals surface area (Å²) < 4.78 is 1.86. The quantitative estimate of drug-likeness (QED) is 0.631. The molecule has 0 spiro atoms. The number of benzene rings is 1. The van der Waals surface area contributed by atoms with Crippen molar-refractivity contribution in [3.8, 4) is 5.69 Å². The molecule has 8 heteroatoms. The van der Waals surface area contributed by atoms with Gasteiger partial charge in [0.15, 0.2) is 0 Å². The first kappa shape index (κ1) is 18.4. The average molecular weight is 383 g/mol. The van der Waals surface area contributed by atoms with E-state index in [2.05, 4.69) is 5.10 Å². The largest absolute Gasteiger partial charge is 1.00 e. The van der Waals surface area contributed by atoms with Crippen molar-refractivity contribution in [2.24, 2.45) is 0 Å². The van der Waals surface area contributed by atoms with Crippen LogP contribution >= 0.6 is 46.6 Å². The number of hydrogen-bond donors (Lipinski definition) is 1. The first-order valence-corrected chi connectivity index (χ1v) is 7.75. The fraction of sp³-hybridized carbons (Fsp3) is 0.0769. The minimum absolute atomic E-state index is 0. The molecule has 2 N–H and O–H groups in total. The molecule has 0 unspecified atom stereocenters. The molecule has 0 aliphatic heterocycles. The van der Waals surface area contributed by atoms with Gasteiger partial charge in [0.2, 0.25) is 5.69 Å². The molecular weight excluding hydrogens is 372 g/mol. The Hall–Kier alpha value is -0.650. The summed E-state index contributed by atoms with van der Waals surface area (Å²) in [7, 11) is 0. The third-order valence-electron chi connectivity index (χ3n) is 2.37. The lowest BCUT2D eigenvalue weighted by Crippen LogP contribution is -3.00. The molecule has 0 amide bonds. The second-order valence-electron chi connectivity index (χ2n) is 3.83. The van der Waals surface area contributed by atoms with Gasteiger partial charge in [0.05, 0.1) is 10.7 Å². The SMILES string of the molecule is Nc1cn[n+](-c2ccccc2)c(SCC(Cl)=C(Cl)Cl)c1.[Cl-]. The summed E-state index contributed by atoms with van der Waals surface area (Å²) in [5, 5.41) is 5.56. The van der Waals surface area contributed by atoms with Gasteiger partial charge < -0.3 is 18.1 Å². The van der Waals surface area contributed by atoms with Gasteiger partial charge in [-0.2, -0.15) is 0 Å². The molecule has 2 aromatic rings. The van der Waals surface area contributed by atoms with Crippen molar-refractivity contribution in [1.29, 1.82) is 0 Å². The number of nitrogens with zero attached hydrogens (tertiary/aromatic N) is 2. The van der Waals surface area contributed by atoms with Gasteiger partial charge in [0.25, 0.3) is 5.03 Å². The lowest BCUT2D eigenvalue weighted by atomic mass is 10.3. The number of rotatable bonds is 4.